The quantitative estimate of drug-likeness (QED) is 0.921. The lowest BCUT2D eigenvalue weighted by Crippen LogP contribution is -2.41. The number of nitrogens with zero attached hydrogens (tertiary/aromatic N) is 3. The van der Waals surface area contributed by atoms with Gasteiger partial charge in [0.25, 0.3) is 0 Å². The summed E-state index contributed by atoms with van der Waals surface area (Å²) in [6.45, 7) is 0.626. The van der Waals surface area contributed by atoms with E-state index < -0.39 is 5.97 Å². The van der Waals surface area contributed by atoms with Gasteiger partial charge >= 0.3 is 5.97 Å². The van der Waals surface area contributed by atoms with E-state index in [0.717, 1.165) is 29.2 Å². The molecule has 126 valence electrons. The van der Waals surface area contributed by atoms with Gasteiger partial charge in [0, 0.05) is 24.2 Å². The van der Waals surface area contributed by atoms with Gasteiger partial charge in [-0.3, -0.25) is 14.7 Å². The van der Waals surface area contributed by atoms with E-state index in [-0.39, 0.29) is 6.04 Å². The van der Waals surface area contributed by atoms with E-state index in [1.807, 2.05) is 23.6 Å². The number of carbonyl (C=O) groups is 1. The number of likely N-dealkylation sites (tertiary alicyclic amines) is 1. The molecule has 0 radical (unpaired) electrons. The van der Waals surface area contributed by atoms with Gasteiger partial charge in [-0.1, -0.05) is 18.9 Å². The van der Waals surface area contributed by atoms with Crippen molar-refractivity contribution in [2.45, 2.75) is 50.7 Å². The zero-order valence-corrected chi connectivity index (χ0v) is 14.3. The van der Waals surface area contributed by atoms with Gasteiger partial charge < -0.3 is 5.11 Å². The average molecular weight is 343 g/mol. The molecule has 1 saturated heterocycles. The van der Waals surface area contributed by atoms with Gasteiger partial charge in [-0.2, -0.15) is 0 Å². The fourth-order valence-electron chi connectivity index (χ4n) is 4.20. The van der Waals surface area contributed by atoms with Crippen molar-refractivity contribution < 1.29 is 9.90 Å². The maximum absolute atomic E-state index is 11.7. The lowest BCUT2D eigenvalue weighted by molar-refractivity contribution is -0.142. The molecule has 6 heteroatoms. The minimum atomic E-state index is -0.690. The van der Waals surface area contributed by atoms with Crippen molar-refractivity contribution in [1.82, 2.24) is 14.9 Å². The molecule has 2 aromatic heterocycles. The van der Waals surface area contributed by atoms with Crippen molar-refractivity contribution in [1.29, 1.82) is 0 Å². The number of fused-ring (bicyclic) bond motifs is 1. The number of aliphatic carboxylic acids is 1. The first kappa shape index (κ1) is 15.7. The highest BCUT2D eigenvalue weighted by Crippen LogP contribution is 2.40. The summed E-state index contributed by atoms with van der Waals surface area (Å²) in [5, 5.41) is 12.6. The van der Waals surface area contributed by atoms with Crippen molar-refractivity contribution in [2.75, 3.05) is 0 Å². The molecule has 4 rings (SSSR count). The zero-order valence-electron chi connectivity index (χ0n) is 13.5. The van der Waals surface area contributed by atoms with E-state index in [1.54, 1.807) is 17.5 Å². The second-order valence-electron chi connectivity index (χ2n) is 6.73. The van der Waals surface area contributed by atoms with Crippen LogP contribution in [0, 0.1) is 5.92 Å². The fourth-order valence-corrected chi connectivity index (χ4v) is 4.98. The summed E-state index contributed by atoms with van der Waals surface area (Å²) >= 11 is 1.58. The zero-order chi connectivity index (χ0) is 16.5. The van der Waals surface area contributed by atoms with Gasteiger partial charge in [-0.15, -0.1) is 11.3 Å². The average Bonchev–Trinajstić information content (AvgIpc) is 3.21. The van der Waals surface area contributed by atoms with Crippen molar-refractivity contribution >= 4 is 17.3 Å². The predicted molar refractivity (Wildman–Crippen MR) is 92.7 cm³/mol. The summed E-state index contributed by atoms with van der Waals surface area (Å²) in [7, 11) is 0. The molecule has 3 atom stereocenters. The molecule has 0 unspecified atom stereocenters. The Hall–Kier alpha value is -1.79. The van der Waals surface area contributed by atoms with Gasteiger partial charge in [-0.25, -0.2) is 4.98 Å². The predicted octanol–water partition coefficient (Wildman–Crippen LogP) is 3.42. The smallest absolute Gasteiger partial charge is 0.320 e. The molecule has 0 bridgehead atoms. The number of aromatic nitrogens is 2. The normalized spacial score (nSPS) is 27.1. The summed E-state index contributed by atoms with van der Waals surface area (Å²) in [4.78, 5) is 22.9. The van der Waals surface area contributed by atoms with Crippen LogP contribution in [0.5, 0.6) is 0 Å². The molecule has 5 nitrogen and oxygen atoms in total. The lowest BCUT2D eigenvalue weighted by atomic mass is 9.85. The van der Waals surface area contributed by atoms with Crippen LogP contribution in [0.15, 0.2) is 29.8 Å². The number of carboxylic acids is 1. The highest BCUT2D eigenvalue weighted by molar-refractivity contribution is 7.13. The topological polar surface area (TPSA) is 66.3 Å². The first-order valence-corrected chi connectivity index (χ1v) is 9.44. The largest absolute Gasteiger partial charge is 0.480 e. The fraction of sp³-hybridized carbons (Fsp3) is 0.500. The van der Waals surface area contributed by atoms with E-state index in [1.165, 1.54) is 19.3 Å². The molecule has 1 saturated carbocycles. The van der Waals surface area contributed by atoms with Crippen molar-refractivity contribution in [3.05, 3.63) is 35.5 Å². The molecule has 2 aromatic rings. The van der Waals surface area contributed by atoms with E-state index in [0.29, 0.717) is 18.5 Å². The highest BCUT2D eigenvalue weighted by Gasteiger charge is 2.45. The minimum absolute atomic E-state index is 0.363. The summed E-state index contributed by atoms with van der Waals surface area (Å²) < 4.78 is 0. The third-order valence-corrected chi connectivity index (χ3v) is 6.20. The second-order valence-corrected chi connectivity index (χ2v) is 7.59. The molecule has 0 aromatic carbocycles. The van der Waals surface area contributed by atoms with Gasteiger partial charge in [-0.05, 0) is 37.3 Å². The lowest BCUT2D eigenvalue weighted by Gasteiger charge is -2.32. The molecule has 0 amide bonds. The summed E-state index contributed by atoms with van der Waals surface area (Å²) in [6, 6.07) is 5.84. The SMILES string of the molecule is O=C(O)[C@@H]1C[C@H]2CCCC[C@H]2N1Cc1csc(-c2ccccn2)n1. The van der Waals surface area contributed by atoms with E-state index in [9.17, 15) is 9.90 Å². The van der Waals surface area contributed by atoms with Crippen LogP contribution >= 0.6 is 11.3 Å². The van der Waals surface area contributed by atoms with Crippen LogP contribution in [-0.2, 0) is 11.3 Å². The van der Waals surface area contributed by atoms with E-state index in [4.69, 9.17) is 4.98 Å². The standard InChI is InChI=1S/C18H21N3O2S/c22-18(23)16-9-12-5-1-2-7-15(12)21(16)10-13-11-24-17(20-13)14-6-3-4-8-19-14/h3-4,6,8,11-12,15-16H,1-2,5,7,9-10H2,(H,22,23)/t12-,15-,16+/m1/s1. The van der Waals surface area contributed by atoms with E-state index >= 15 is 0 Å². The minimum Gasteiger partial charge on any atom is -0.480 e. The summed E-state index contributed by atoms with van der Waals surface area (Å²) in [6.07, 6.45) is 7.29. The number of hydrogen-bond donors (Lipinski definition) is 1. The molecule has 3 heterocycles. The second kappa shape index (κ2) is 6.61. The summed E-state index contributed by atoms with van der Waals surface area (Å²) in [5.74, 6) is -0.154. The van der Waals surface area contributed by atoms with Gasteiger partial charge in [0.05, 0.1) is 11.4 Å². The van der Waals surface area contributed by atoms with Crippen LogP contribution in [0.3, 0.4) is 0 Å². The van der Waals surface area contributed by atoms with Crippen LogP contribution in [0.1, 0.15) is 37.8 Å². The van der Waals surface area contributed by atoms with Crippen molar-refractivity contribution in [3.63, 3.8) is 0 Å². The third-order valence-electron chi connectivity index (χ3n) is 5.29. The molecule has 2 fully saturated rings. The Kier molecular flexibility index (Phi) is 4.33. The molecule has 1 N–H and O–H groups in total. The maximum atomic E-state index is 11.7. The molecular formula is C18H21N3O2S. The Labute approximate surface area is 145 Å². The first-order valence-electron chi connectivity index (χ1n) is 8.57. The van der Waals surface area contributed by atoms with E-state index in [2.05, 4.69) is 9.88 Å². The molecule has 0 spiro atoms. The van der Waals surface area contributed by atoms with Crippen molar-refractivity contribution in [3.8, 4) is 10.7 Å². The molecule has 24 heavy (non-hydrogen) atoms. The Morgan fingerprint density at radius 1 is 1.33 bits per heavy atom. The monoisotopic (exact) mass is 343 g/mol. The van der Waals surface area contributed by atoms with Crippen molar-refractivity contribution in [2.24, 2.45) is 5.92 Å². The van der Waals surface area contributed by atoms with Crippen LogP contribution in [0.2, 0.25) is 0 Å². The Bertz CT molecular complexity index is 718. The van der Waals surface area contributed by atoms with Crippen LogP contribution in [0.4, 0.5) is 0 Å². The molecular weight excluding hydrogens is 322 g/mol. The number of hydrogen-bond acceptors (Lipinski definition) is 5. The van der Waals surface area contributed by atoms with Gasteiger partial charge in [0.15, 0.2) is 0 Å². The van der Waals surface area contributed by atoms with Gasteiger partial charge in [0.1, 0.15) is 11.0 Å². The number of thiazole rings is 1. The number of pyridine rings is 1. The van der Waals surface area contributed by atoms with Crippen LogP contribution in [0.25, 0.3) is 10.7 Å². The van der Waals surface area contributed by atoms with Gasteiger partial charge in [0.2, 0.25) is 0 Å². The highest BCUT2D eigenvalue weighted by atomic mass is 32.1. The number of carboxylic acid groups (broad SMARTS) is 1. The summed E-state index contributed by atoms with van der Waals surface area (Å²) in [5.41, 5.74) is 1.83. The third kappa shape index (κ3) is 2.96. The molecule has 2 aliphatic rings. The Morgan fingerprint density at radius 2 is 2.21 bits per heavy atom. The first-order chi connectivity index (χ1) is 11.7. The van der Waals surface area contributed by atoms with Crippen LogP contribution in [-0.4, -0.2) is 38.0 Å². The number of rotatable bonds is 4. The Balaban J connectivity index is 1.55. The Morgan fingerprint density at radius 3 is 3.00 bits per heavy atom. The van der Waals surface area contributed by atoms with Crippen LogP contribution < -0.4 is 0 Å². The maximum Gasteiger partial charge on any atom is 0.320 e. The molecule has 1 aliphatic heterocycles. The molecule has 1 aliphatic carbocycles.